The maximum atomic E-state index is 12.4. The highest BCUT2D eigenvalue weighted by Gasteiger charge is 2.11. The summed E-state index contributed by atoms with van der Waals surface area (Å²) >= 11 is 0. The maximum Gasteiger partial charge on any atom is 0.239 e. The largest absolute Gasteiger partial charge is 0.493 e. The molecule has 1 N–H and O–H groups in total. The van der Waals surface area contributed by atoms with Crippen LogP contribution in [-0.4, -0.2) is 31.2 Å². The molecule has 0 saturated heterocycles. The number of para-hydroxylation sites is 2. The number of fused-ring (bicyclic) bond motifs is 1. The molecule has 1 aromatic heterocycles. The van der Waals surface area contributed by atoms with E-state index < -0.39 is 0 Å². The maximum absolute atomic E-state index is 12.4. The molecule has 0 aliphatic rings. The lowest BCUT2D eigenvalue weighted by atomic mass is 10.1. The average molecular weight is 352 g/mol. The molecule has 0 aliphatic carbocycles. The van der Waals surface area contributed by atoms with Gasteiger partial charge >= 0.3 is 0 Å². The fourth-order valence-electron chi connectivity index (χ4n) is 3.24. The van der Waals surface area contributed by atoms with Crippen molar-refractivity contribution in [1.29, 1.82) is 0 Å². The van der Waals surface area contributed by atoms with Crippen molar-refractivity contribution in [3.8, 4) is 11.5 Å². The van der Waals surface area contributed by atoms with Gasteiger partial charge in [-0.15, -0.1) is 0 Å². The summed E-state index contributed by atoms with van der Waals surface area (Å²) in [6, 6.07) is 16.0. The van der Waals surface area contributed by atoms with Gasteiger partial charge in [0.1, 0.15) is 6.54 Å². The molecule has 5 heteroatoms. The van der Waals surface area contributed by atoms with Crippen molar-refractivity contribution >= 4 is 16.8 Å². The molecule has 1 heterocycles. The first kappa shape index (κ1) is 17.9. The Kier molecular flexibility index (Phi) is 5.46. The number of methoxy groups -OCH3 is 2. The number of carbonyl (C=O) groups is 1. The molecule has 0 aliphatic heterocycles. The number of nitrogens with one attached hydrogen (secondary N) is 1. The number of nitrogens with zero attached hydrogens (tertiary/aromatic N) is 1. The van der Waals surface area contributed by atoms with Crippen LogP contribution in [0, 0.1) is 6.92 Å². The van der Waals surface area contributed by atoms with Crippen molar-refractivity contribution < 1.29 is 14.3 Å². The fraction of sp³-hybridized carbons (Fsp3) is 0.286. The van der Waals surface area contributed by atoms with E-state index in [-0.39, 0.29) is 5.91 Å². The quantitative estimate of drug-likeness (QED) is 0.710. The number of hydrogen-bond acceptors (Lipinski definition) is 3. The highest BCUT2D eigenvalue weighted by Crippen LogP contribution is 2.30. The minimum Gasteiger partial charge on any atom is -0.493 e. The molecule has 26 heavy (non-hydrogen) atoms. The van der Waals surface area contributed by atoms with E-state index in [0.717, 1.165) is 27.9 Å². The first-order valence-electron chi connectivity index (χ1n) is 8.65. The van der Waals surface area contributed by atoms with Crippen LogP contribution in [-0.2, 0) is 17.8 Å². The summed E-state index contributed by atoms with van der Waals surface area (Å²) in [6.07, 6.45) is 0.678. The molecule has 136 valence electrons. The normalized spacial score (nSPS) is 10.7. The Morgan fingerprint density at radius 1 is 1.08 bits per heavy atom. The number of ether oxygens (including phenoxy) is 2. The predicted octanol–water partition coefficient (Wildman–Crippen LogP) is 3.33. The third-order valence-electron chi connectivity index (χ3n) is 4.52. The van der Waals surface area contributed by atoms with Gasteiger partial charge in [-0.1, -0.05) is 30.3 Å². The number of hydrogen-bond donors (Lipinski definition) is 1. The molecule has 0 bridgehead atoms. The fourth-order valence-corrected chi connectivity index (χ4v) is 3.24. The third kappa shape index (κ3) is 3.67. The first-order valence-corrected chi connectivity index (χ1v) is 8.65. The Morgan fingerprint density at radius 3 is 2.65 bits per heavy atom. The molecule has 5 nitrogen and oxygen atoms in total. The van der Waals surface area contributed by atoms with E-state index in [1.165, 1.54) is 0 Å². The van der Waals surface area contributed by atoms with E-state index in [1.807, 2.05) is 47.9 Å². The van der Waals surface area contributed by atoms with Crippen molar-refractivity contribution in [1.82, 2.24) is 9.88 Å². The number of rotatable bonds is 7. The Hall–Kier alpha value is -2.95. The van der Waals surface area contributed by atoms with Crippen LogP contribution >= 0.6 is 0 Å². The predicted molar refractivity (Wildman–Crippen MR) is 103 cm³/mol. The molecule has 0 unspecified atom stereocenters. The van der Waals surface area contributed by atoms with Gasteiger partial charge in [0.05, 0.1) is 14.2 Å². The van der Waals surface area contributed by atoms with E-state index in [0.29, 0.717) is 25.3 Å². The van der Waals surface area contributed by atoms with Crippen LogP contribution in [0.25, 0.3) is 10.9 Å². The Balaban J connectivity index is 1.62. The smallest absolute Gasteiger partial charge is 0.239 e. The molecule has 0 radical (unpaired) electrons. The van der Waals surface area contributed by atoms with Crippen LogP contribution in [0.5, 0.6) is 11.5 Å². The Bertz CT molecular complexity index is 915. The molecule has 3 aromatic rings. The summed E-state index contributed by atoms with van der Waals surface area (Å²) in [5.41, 5.74) is 3.17. The Labute approximate surface area is 153 Å². The Morgan fingerprint density at radius 2 is 1.88 bits per heavy atom. The second kappa shape index (κ2) is 7.95. The zero-order chi connectivity index (χ0) is 18.5. The summed E-state index contributed by atoms with van der Waals surface area (Å²) in [6.45, 7) is 2.88. The van der Waals surface area contributed by atoms with Gasteiger partial charge in [-0.05, 0) is 42.5 Å². The highest BCUT2D eigenvalue weighted by atomic mass is 16.5. The van der Waals surface area contributed by atoms with Gasteiger partial charge in [0.25, 0.3) is 0 Å². The van der Waals surface area contributed by atoms with Crippen LogP contribution in [0.2, 0.25) is 0 Å². The lowest BCUT2D eigenvalue weighted by molar-refractivity contribution is -0.121. The monoisotopic (exact) mass is 352 g/mol. The van der Waals surface area contributed by atoms with Crippen molar-refractivity contribution in [2.75, 3.05) is 20.8 Å². The SMILES string of the molecule is COc1cccc(CCNC(=O)Cn2c(C)cc3ccccc32)c1OC. The second-order valence-corrected chi connectivity index (χ2v) is 6.18. The van der Waals surface area contributed by atoms with E-state index in [1.54, 1.807) is 14.2 Å². The van der Waals surface area contributed by atoms with E-state index >= 15 is 0 Å². The van der Waals surface area contributed by atoms with Crippen LogP contribution in [0.1, 0.15) is 11.3 Å². The molecular weight excluding hydrogens is 328 g/mol. The van der Waals surface area contributed by atoms with Crippen molar-refractivity contribution in [3.05, 3.63) is 59.8 Å². The van der Waals surface area contributed by atoms with Crippen molar-refractivity contribution in [3.63, 3.8) is 0 Å². The number of benzene rings is 2. The van der Waals surface area contributed by atoms with Gasteiger partial charge in [0.2, 0.25) is 5.91 Å². The third-order valence-corrected chi connectivity index (χ3v) is 4.52. The van der Waals surface area contributed by atoms with Gasteiger partial charge in [-0.3, -0.25) is 4.79 Å². The van der Waals surface area contributed by atoms with E-state index in [4.69, 9.17) is 9.47 Å². The number of amides is 1. The molecule has 0 fully saturated rings. The standard InChI is InChI=1S/C21H24N2O3/c1-15-13-17-7-4-5-9-18(17)23(15)14-20(24)22-12-11-16-8-6-10-19(25-2)21(16)26-3/h4-10,13H,11-12,14H2,1-3H3,(H,22,24). The van der Waals surface area contributed by atoms with Gasteiger partial charge in [-0.2, -0.15) is 0 Å². The van der Waals surface area contributed by atoms with Gasteiger partial charge < -0.3 is 19.4 Å². The minimum absolute atomic E-state index is 0.00341. The summed E-state index contributed by atoms with van der Waals surface area (Å²) < 4.78 is 12.8. The molecule has 1 amide bonds. The lowest BCUT2D eigenvalue weighted by Crippen LogP contribution is -2.29. The summed E-state index contributed by atoms with van der Waals surface area (Å²) in [5, 5.41) is 4.15. The average Bonchev–Trinajstić information content (AvgIpc) is 2.97. The van der Waals surface area contributed by atoms with Gasteiger partial charge in [-0.25, -0.2) is 0 Å². The molecule has 0 atom stereocenters. The number of carbonyl (C=O) groups excluding carboxylic acids is 1. The summed E-state index contributed by atoms with van der Waals surface area (Å²) in [5.74, 6) is 1.42. The van der Waals surface area contributed by atoms with E-state index in [2.05, 4.69) is 17.4 Å². The zero-order valence-electron chi connectivity index (χ0n) is 15.4. The van der Waals surface area contributed by atoms with Crippen LogP contribution in [0.3, 0.4) is 0 Å². The van der Waals surface area contributed by atoms with Crippen LogP contribution < -0.4 is 14.8 Å². The summed E-state index contributed by atoms with van der Waals surface area (Å²) in [7, 11) is 3.24. The molecule has 3 rings (SSSR count). The minimum atomic E-state index is -0.00341. The number of aromatic nitrogens is 1. The molecule has 0 saturated carbocycles. The van der Waals surface area contributed by atoms with Crippen LogP contribution in [0.15, 0.2) is 48.5 Å². The molecular formula is C21H24N2O3. The number of aryl methyl sites for hydroxylation is 1. The van der Waals surface area contributed by atoms with Crippen molar-refractivity contribution in [2.45, 2.75) is 19.9 Å². The zero-order valence-corrected chi connectivity index (χ0v) is 15.4. The first-order chi connectivity index (χ1) is 12.6. The van der Waals surface area contributed by atoms with E-state index in [9.17, 15) is 4.79 Å². The van der Waals surface area contributed by atoms with Gasteiger partial charge in [0.15, 0.2) is 11.5 Å². The lowest BCUT2D eigenvalue weighted by Gasteiger charge is -2.13. The second-order valence-electron chi connectivity index (χ2n) is 6.18. The van der Waals surface area contributed by atoms with Crippen LogP contribution in [0.4, 0.5) is 0 Å². The van der Waals surface area contributed by atoms with Gasteiger partial charge in [0, 0.05) is 17.8 Å². The summed E-state index contributed by atoms with van der Waals surface area (Å²) in [4.78, 5) is 12.4. The highest BCUT2D eigenvalue weighted by molar-refractivity contribution is 5.84. The van der Waals surface area contributed by atoms with Crippen molar-refractivity contribution in [2.24, 2.45) is 0 Å². The topological polar surface area (TPSA) is 52.5 Å². The molecule has 2 aromatic carbocycles. The molecule has 0 spiro atoms.